The molecule has 86 valence electrons. The lowest BCUT2D eigenvalue weighted by Gasteiger charge is -2.17. The van der Waals surface area contributed by atoms with Crippen molar-refractivity contribution in [2.24, 2.45) is 5.92 Å². The van der Waals surface area contributed by atoms with Gasteiger partial charge in [0, 0.05) is 5.88 Å². The fourth-order valence-corrected chi connectivity index (χ4v) is 2.47. The summed E-state index contributed by atoms with van der Waals surface area (Å²) in [7, 11) is 0. The van der Waals surface area contributed by atoms with Crippen LogP contribution in [0.5, 0.6) is 0 Å². The molecular weight excluding hydrogens is 216 g/mol. The van der Waals surface area contributed by atoms with Gasteiger partial charge in [0.15, 0.2) is 0 Å². The lowest BCUT2D eigenvalue weighted by Crippen LogP contribution is -2.02. The van der Waals surface area contributed by atoms with Gasteiger partial charge >= 0.3 is 0 Å². The molecule has 0 heterocycles. The van der Waals surface area contributed by atoms with Gasteiger partial charge in [0.25, 0.3) is 0 Å². The highest BCUT2D eigenvalue weighted by atomic mass is 35.5. The van der Waals surface area contributed by atoms with Crippen molar-refractivity contribution in [1.29, 1.82) is 0 Å². The lowest BCUT2D eigenvalue weighted by atomic mass is 9.89. The Hall–Kier alpha value is -0.750. The van der Waals surface area contributed by atoms with Crippen LogP contribution in [0.15, 0.2) is 30.3 Å². The molecular formula is C15H19Cl. The van der Waals surface area contributed by atoms with Gasteiger partial charge in [-0.05, 0) is 29.9 Å². The summed E-state index contributed by atoms with van der Waals surface area (Å²) in [6.07, 6.45) is 11.6. The molecule has 0 spiro atoms. The minimum atomic E-state index is 0.604. The molecule has 2 rings (SSSR count). The van der Waals surface area contributed by atoms with Crippen molar-refractivity contribution in [1.82, 2.24) is 0 Å². The first-order valence-corrected chi connectivity index (χ1v) is 6.75. The third kappa shape index (κ3) is 3.38. The Morgan fingerprint density at radius 2 is 1.75 bits per heavy atom. The van der Waals surface area contributed by atoms with Crippen LogP contribution in [0.25, 0.3) is 6.08 Å². The van der Waals surface area contributed by atoms with E-state index in [2.05, 4.69) is 36.4 Å². The molecule has 0 bridgehead atoms. The summed E-state index contributed by atoms with van der Waals surface area (Å²) in [6, 6.07) is 8.51. The number of halogens is 1. The number of benzene rings is 1. The van der Waals surface area contributed by atoms with Crippen LogP contribution < -0.4 is 0 Å². The van der Waals surface area contributed by atoms with E-state index in [1.54, 1.807) is 0 Å². The van der Waals surface area contributed by atoms with E-state index in [1.165, 1.54) is 43.2 Å². The van der Waals surface area contributed by atoms with Gasteiger partial charge in [-0.1, -0.05) is 55.7 Å². The van der Waals surface area contributed by atoms with Crippen LogP contribution in [-0.4, -0.2) is 0 Å². The van der Waals surface area contributed by atoms with Crippen LogP contribution in [0.4, 0.5) is 0 Å². The largest absolute Gasteiger partial charge is 0.122 e. The van der Waals surface area contributed by atoms with Crippen molar-refractivity contribution in [3.05, 3.63) is 41.5 Å². The van der Waals surface area contributed by atoms with Gasteiger partial charge in [-0.2, -0.15) is 0 Å². The molecule has 0 N–H and O–H groups in total. The van der Waals surface area contributed by atoms with E-state index in [0.29, 0.717) is 5.88 Å². The first-order valence-electron chi connectivity index (χ1n) is 6.21. The molecule has 0 saturated heterocycles. The monoisotopic (exact) mass is 234 g/mol. The first kappa shape index (κ1) is 11.7. The van der Waals surface area contributed by atoms with Crippen LogP contribution in [0.2, 0.25) is 0 Å². The van der Waals surface area contributed by atoms with Crippen LogP contribution in [0.3, 0.4) is 0 Å². The second-order valence-corrected chi connectivity index (χ2v) is 4.90. The van der Waals surface area contributed by atoms with Crippen LogP contribution in [0, 0.1) is 5.92 Å². The summed E-state index contributed by atoms with van der Waals surface area (Å²) in [4.78, 5) is 0. The van der Waals surface area contributed by atoms with Crippen molar-refractivity contribution in [2.75, 3.05) is 0 Å². The van der Waals surface area contributed by atoms with E-state index < -0.39 is 0 Å². The van der Waals surface area contributed by atoms with Crippen molar-refractivity contribution in [3.63, 3.8) is 0 Å². The molecule has 1 aromatic rings. The Labute approximate surface area is 103 Å². The quantitative estimate of drug-likeness (QED) is 0.645. The molecule has 0 nitrogen and oxygen atoms in total. The summed E-state index contributed by atoms with van der Waals surface area (Å²) in [5.41, 5.74) is 2.48. The Kier molecular flexibility index (Phi) is 4.47. The molecule has 0 unspecified atom stereocenters. The second-order valence-electron chi connectivity index (χ2n) is 4.63. The van der Waals surface area contributed by atoms with E-state index in [-0.39, 0.29) is 0 Å². The lowest BCUT2D eigenvalue weighted by molar-refractivity contribution is 0.420. The van der Waals surface area contributed by atoms with Gasteiger partial charge in [-0.15, -0.1) is 11.6 Å². The number of hydrogen-bond acceptors (Lipinski definition) is 0. The summed E-state index contributed by atoms with van der Waals surface area (Å²) >= 11 is 5.76. The summed E-state index contributed by atoms with van der Waals surface area (Å²) in [5.74, 6) is 1.41. The Morgan fingerprint density at radius 3 is 2.38 bits per heavy atom. The predicted octanol–water partition coefficient (Wildman–Crippen LogP) is 5.02. The third-order valence-corrected chi connectivity index (χ3v) is 3.65. The molecule has 0 aromatic heterocycles. The van der Waals surface area contributed by atoms with Crippen LogP contribution in [0.1, 0.15) is 43.2 Å². The summed E-state index contributed by atoms with van der Waals surface area (Å²) < 4.78 is 0. The molecule has 1 heteroatoms. The van der Waals surface area contributed by atoms with Crippen molar-refractivity contribution in [2.45, 2.75) is 38.0 Å². The highest BCUT2D eigenvalue weighted by Gasteiger charge is 2.09. The standard InChI is InChI=1S/C15H19Cl/c16-12-15-10-8-14(9-11-15)7-6-13-4-2-1-3-5-13/h6-11,13H,1-5,12H2. The van der Waals surface area contributed by atoms with Gasteiger partial charge in [0.05, 0.1) is 0 Å². The Bertz CT molecular complexity index is 331. The highest BCUT2D eigenvalue weighted by molar-refractivity contribution is 6.17. The summed E-state index contributed by atoms with van der Waals surface area (Å²) in [5, 5.41) is 0. The molecule has 0 radical (unpaired) electrons. The zero-order valence-corrected chi connectivity index (χ0v) is 10.4. The van der Waals surface area contributed by atoms with E-state index >= 15 is 0 Å². The fourth-order valence-electron chi connectivity index (χ4n) is 2.29. The minimum Gasteiger partial charge on any atom is -0.122 e. The second kappa shape index (κ2) is 6.10. The summed E-state index contributed by atoms with van der Waals surface area (Å²) in [6.45, 7) is 0. The zero-order valence-electron chi connectivity index (χ0n) is 9.66. The molecule has 1 aromatic carbocycles. The maximum absolute atomic E-state index is 5.76. The van der Waals surface area contributed by atoms with E-state index in [0.717, 1.165) is 5.92 Å². The van der Waals surface area contributed by atoms with Crippen LogP contribution >= 0.6 is 11.6 Å². The average Bonchev–Trinajstić information content (AvgIpc) is 2.38. The first-order chi connectivity index (χ1) is 7.88. The average molecular weight is 235 g/mol. The van der Waals surface area contributed by atoms with E-state index in [4.69, 9.17) is 11.6 Å². The number of hydrogen-bond donors (Lipinski definition) is 0. The minimum absolute atomic E-state index is 0.604. The smallest absolute Gasteiger partial charge is 0.0474 e. The number of allylic oxidation sites excluding steroid dienone is 1. The van der Waals surface area contributed by atoms with Crippen molar-refractivity contribution < 1.29 is 0 Å². The Morgan fingerprint density at radius 1 is 1.06 bits per heavy atom. The number of rotatable bonds is 3. The van der Waals surface area contributed by atoms with Gasteiger partial charge < -0.3 is 0 Å². The molecule has 1 saturated carbocycles. The van der Waals surface area contributed by atoms with Crippen molar-refractivity contribution in [3.8, 4) is 0 Å². The molecule has 16 heavy (non-hydrogen) atoms. The van der Waals surface area contributed by atoms with E-state index in [1.807, 2.05) is 0 Å². The maximum Gasteiger partial charge on any atom is 0.0474 e. The molecule has 1 aliphatic rings. The predicted molar refractivity (Wildman–Crippen MR) is 71.6 cm³/mol. The zero-order chi connectivity index (χ0) is 11.2. The normalized spacial score (nSPS) is 18.1. The van der Waals surface area contributed by atoms with Crippen molar-refractivity contribution >= 4 is 17.7 Å². The Balaban J connectivity index is 1.94. The van der Waals surface area contributed by atoms with Gasteiger partial charge in [-0.25, -0.2) is 0 Å². The number of alkyl halides is 1. The van der Waals surface area contributed by atoms with Gasteiger partial charge in [0.1, 0.15) is 0 Å². The SMILES string of the molecule is ClCc1ccc(C=CC2CCCCC2)cc1. The van der Waals surface area contributed by atoms with Gasteiger partial charge in [0.2, 0.25) is 0 Å². The topological polar surface area (TPSA) is 0 Å². The molecule has 1 aliphatic carbocycles. The molecule has 0 amide bonds. The van der Waals surface area contributed by atoms with Crippen LogP contribution in [-0.2, 0) is 5.88 Å². The van der Waals surface area contributed by atoms with Gasteiger partial charge in [-0.3, -0.25) is 0 Å². The van der Waals surface area contributed by atoms with E-state index in [9.17, 15) is 0 Å². The molecule has 0 aliphatic heterocycles. The third-order valence-electron chi connectivity index (χ3n) is 3.34. The highest BCUT2D eigenvalue weighted by Crippen LogP contribution is 2.25. The molecule has 0 atom stereocenters. The molecule has 1 fully saturated rings. The maximum atomic E-state index is 5.76. The fraction of sp³-hybridized carbons (Fsp3) is 0.467.